The number of aliphatic hydroxyl groups is 2. The zero-order chi connectivity index (χ0) is 25.9. The first-order valence-electron chi connectivity index (χ1n) is 9.99. The number of hydrogen-bond acceptors (Lipinski definition) is 10. The number of aromatic nitrogens is 3. The summed E-state index contributed by atoms with van der Waals surface area (Å²) in [5.41, 5.74) is -1.67. The Balaban J connectivity index is 1.71. The van der Waals surface area contributed by atoms with Gasteiger partial charge in [-0.2, -0.15) is 10.4 Å². The van der Waals surface area contributed by atoms with E-state index in [-0.39, 0.29) is 34.0 Å². The molecule has 2 aromatic rings. The molecule has 0 unspecified atom stereocenters. The second-order valence-corrected chi connectivity index (χ2v) is 12.9. The number of nitrogens with zero attached hydrogens (tertiary/aromatic N) is 5. The summed E-state index contributed by atoms with van der Waals surface area (Å²) in [5, 5.41) is 34.2. The molecule has 0 bridgehead atoms. The van der Waals surface area contributed by atoms with E-state index in [4.69, 9.17) is 26.1 Å². The van der Waals surface area contributed by atoms with Gasteiger partial charge >= 0.3 is 7.60 Å². The van der Waals surface area contributed by atoms with Crippen molar-refractivity contribution in [2.45, 2.75) is 36.9 Å². The number of sulfone groups is 1. The lowest BCUT2D eigenvalue weighted by atomic mass is 10.1. The van der Waals surface area contributed by atoms with Crippen LogP contribution in [-0.4, -0.2) is 91.8 Å². The van der Waals surface area contributed by atoms with Gasteiger partial charge in [-0.15, -0.1) is 0 Å². The van der Waals surface area contributed by atoms with E-state index in [1.807, 2.05) is 6.07 Å². The number of ether oxygens (including phenoxy) is 1. The number of alkyl halides is 2. The number of hydrogen-bond donors (Lipinski definition) is 4. The van der Waals surface area contributed by atoms with Crippen LogP contribution in [0.4, 0.5) is 14.5 Å². The average molecular weight is 558 g/mol. The van der Waals surface area contributed by atoms with Crippen molar-refractivity contribution >= 4 is 45.8 Å². The Hall–Kier alpha value is -1.96. The zero-order valence-electron chi connectivity index (χ0n) is 17.6. The van der Waals surface area contributed by atoms with Gasteiger partial charge in [-0.3, -0.25) is 4.57 Å². The van der Waals surface area contributed by atoms with Crippen molar-refractivity contribution in [2.24, 2.45) is 0 Å². The van der Waals surface area contributed by atoms with Gasteiger partial charge in [-0.25, -0.2) is 26.9 Å². The first-order valence-corrected chi connectivity index (χ1v) is 14.0. The molecule has 0 amide bonds. The van der Waals surface area contributed by atoms with E-state index in [1.54, 1.807) is 0 Å². The maximum absolute atomic E-state index is 13.9. The third kappa shape index (κ3) is 5.13. The maximum Gasteiger partial charge on any atom is 0.340 e. The molecule has 0 aromatic carbocycles. The molecule has 2 aromatic heterocycles. The van der Waals surface area contributed by atoms with Crippen LogP contribution in [-0.2, 0) is 19.1 Å². The minimum atomic E-state index is -4.93. The predicted octanol–water partition coefficient (Wildman–Crippen LogP) is -0.0290. The van der Waals surface area contributed by atoms with Crippen molar-refractivity contribution in [3.8, 4) is 6.07 Å². The van der Waals surface area contributed by atoms with E-state index in [0.29, 0.717) is 0 Å². The van der Waals surface area contributed by atoms with Gasteiger partial charge < -0.3 is 29.6 Å². The van der Waals surface area contributed by atoms with E-state index in [9.17, 15) is 37.2 Å². The molecule has 18 heteroatoms. The van der Waals surface area contributed by atoms with Crippen molar-refractivity contribution < 1.29 is 46.5 Å². The topological polar surface area (TPSA) is 199 Å². The third-order valence-electron chi connectivity index (χ3n) is 5.63. The van der Waals surface area contributed by atoms with Crippen LogP contribution in [0.5, 0.6) is 0 Å². The number of anilines is 1. The lowest BCUT2D eigenvalue weighted by molar-refractivity contribution is -0.0364. The summed E-state index contributed by atoms with van der Waals surface area (Å²) in [6, 6.07) is 1.84. The first-order chi connectivity index (χ1) is 16.1. The molecule has 4 heterocycles. The number of halogens is 3. The molecule has 0 radical (unpaired) electrons. The van der Waals surface area contributed by atoms with Crippen LogP contribution in [0.3, 0.4) is 0 Å². The number of aliphatic hydroxyl groups excluding tert-OH is 2. The van der Waals surface area contributed by atoms with Gasteiger partial charge in [0, 0.05) is 13.0 Å². The lowest BCUT2D eigenvalue weighted by Gasteiger charge is -2.21. The van der Waals surface area contributed by atoms with Crippen LogP contribution in [0.25, 0.3) is 11.0 Å². The Morgan fingerprint density at radius 2 is 2.03 bits per heavy atom. The van der Waals surface area contributed by atoms with Crippen LogP contribution in [0, 0.1) is 11.3 Å². The van der Waals surface area contributed by atoms with E-state index in [2.05, 4.69) is 10.1 Å². The molecule has 0 saturated carbocycles. The molecule has 192 valence electrons. The highest BCUT2D eigenvalue weighted by Crippen LogP contribution is 2.41. The lowest BCUT2D eigenvalue weighted by Crippen LogP contribution is -2.36. The highest BCUT2D eigenvalue weighted by molar-refractivity contribution is 7.97. The smallest absolute Gasteiger partial charge is 0.340 e. The highest BCUT2D eigenvalue weighted by Gasteiger charge is 2.47. The molecule has 2 aliphatic heterocycles. The zero-order valence-corrected chi connectivity index (χ0v) is 20.0. The van der Waals surface area contributed by atoms with E-state index >= 15 is 0 Å². The van der Waals surface area contributed by atoms with Gasteiger partial charge in [0.2, 0.25) is 0 Å². The molecule has 13 nitrogen and oxygen atoms in total. The Labute approximate surface area is 201 Å². The van der Waals surface area contributed by atoms with Crippen molar-refractivity contribution in [2.75, 3.05) is 29.2 Å². The van der Waals surface area contributed by atoms with Gasteiger partial charge in [-0.1, -0.05) is 11.6 Å². The van der Waals surface area contributed by atoms with Crippen LogP contribution in [0.15, 0.2) is 6.20 Å². The average Bonchev–Trinajstić information content (AvgIpc) is 3.36. The fourth-order valence-corrected chi connectivity index (χ4v) is 7.64. The summed E-state index contributed by atoms with van der Waals surface area (Å²) < 4.78 is 69.5. The number of pyridine rings is 1. The molecule has 4 atom stereocenters. The summed E-state index contributed by atoms with van der Waals surface area (Å²) >= 11 is 6.14. The van der Waals surface area contributed by atoms with Crippen molar-refractivity contribution in [1.82, 2.24) is 14.8 Å². The van der Waals surface area contributed by atoms with Crippen LogP contribution in [0.2, 0.25) is 5.15 Å². The summed E-state index contributed by atoms with van der Waals surface area (Å²) in [6.07, 6.45) is -5.88. The second-order valence-electron chi connectivity index (χ2n) is 8.34. The Kier molecular flexibility index (Phi) is 6.61. The standard InChI is InChI=1S/C17H19ClF2N5O8PS/c18-14-8(3-21)11(24-2-1-17(19,20)6-24)9-4-22-25(15(9)23-14)16-13(27)12(26)10(33-16)5-35(31,32)7-34(28,29)30/h4,10,12-13,16,26-27H,1-2,5-7H2,(H2,28,29,30)/t10-,12-,13-,16-/m1/s1. The molecule has 4 N–H and O–H groups in total. The van der Waals surface area contributed by atoms with Gasteiger partial charge in [0.25, 0.3) is 5.92 Å². The van der Waals surface area contributed by atoms with Crippen molar-refractivity contribution in [3.63, 3.8) is 0 Å². The van der Waals surface area contributed by atoms with Gasteiger partial charge in [0.05, 0.1) is 29.6 Å². The number of fused-ring (bicyclic) bond motifs is 1. The Morgan fingerprint density at radius 1 is 1.34 bits per heavy atom. The number of nitriles is 1. The van der Waals surface area contributed by atoms with Gasteiger partial charge in [0.15, 0.2) is 32.4 Å². The molecule has 2 fully saturated rings. The fourth-order valence-electron chi connectivity index (χ4n) is 4.18. The molecule has 2 saturated heterocycles. The third-order valence-corrected chi connectivity index (χ3v) is 9.66. The number of rotatable bonds is 6. The highest BCUT2D eigenvalue weighted by atomic mass is 35.5. The van der Waals surface area contributed by atoms with E-state index in [0.717, 1.165) is 4.68 Å². The minimum Gasteiger partial charge on any atom is -0.387 e. The van der Waals surface area contributed by atoms with Crippen LogP contribution in [0.1, 0.15) is 18.2 Å². The summed E-state index contributed by atoms with van der Waals surface area (Å²) in [5.74, 6) is -4.00. The molecule has 0 aliphatic carbocycles. The molecular weight excluding hydrogens is 539 g/mol. The second kappa shape index (κ2) is 8.86. The minimum absolute atomic E-state index is 0.0553. The normalized spacial score (nSPS) is 27.0. The van der Waals surface area contributed by atoms with Crippen molar-refractivity contribution in [1.29, 1.82) is 5.26 Å². The van der Waals surface area contributed by atoms with Crippen LogP contribution < -0.4 is 4.90 Å². The molecular formula is C17H19ClF2N5O8PS. The Bertz CT molecular complexity index is 1360. The van der Waals surface area contributed by atoms with E-state index < -0.39 is 72.1 Å². The SMILES string of the molecule is N#Cc1c(Cl)nc2c(cnn2[C@@H]2O[C@H](CS(=O)(=O)CP(=O)(O)O)[C@@H](O)[C@H]2O)c1N1CCC(F)(F)C1. The monoisotopic (exact) mass is 557 g/mol. The summed E-state index contributed by atoms with van der Waals surface area (Å²) in [6.45, 7) is -0.758. The summed E-state index contributed by atoms with van der Waals surface area (Å²) in [7, 11) is -9.33. The molecule has 35 heavy (non-hydrogen) atoms. The Morgan fingerprint density at radius 3 is 2.60 bits per heavy atom. The van der Waals surface area contributed by atoms with Gasteiger partial charge in [-0.05, 0) is 0 Å². The van der Waals surface area contributed by atoms with Crippen molar-refractivity contribution in [3.05, 3.63) is 16.9 Å². The molecule has 0 spiro atoms. The van der Waals surface area contributed by atoms with Gasteiger partial charge in [0.1, 0.15) is 29.9 Å². The molecule has 4 rings (SSSR count). The summed E-state index contributed by atoms with van der Waals surface area (Å²) in [4.78, 5) is 23.2. The molecule has 2 aliphatic rings. The maximum atomic E-state index is 13.9. The largest absolute Gasteiger partial charge is 0.387 e. The van der Waals surface area contributed by atoms with Crippen LogP contribution >= 0.6 is 19.2 Å². The van der Waals surface area contributed by atoms with E-state index in [1.165, 1.54) is 11.1 Å². The quantitative estimate of drug-likeness (QED) is 0.273. The first kappa shape index (κ1) is 26.1. The predicted molar refractivity (Wildman–Crippen MR) is 116 cm³/mol. The fraction of sp³-hybridized carbons (Fsp3) is 0.588.